The first-order valence-corrected chi connectivity index (χ1v) is 7.16. The molecule has 1 aliphatic carbocycles. The molecule has 94 valence electrons. The molecule has 1 fully saturated rings. The zero-order valence-electron chi connectivity index (χ0n) is 10.3. The van der Waals surface area contributed by atoms with Crippen molar-refractivity contribution in [1.29, 1.82) is 0 Å². The number of thioether (sulfide) groups is 1. The van der Waals surface area contributed by atoms with Crippen LogP contribution in [0, 0.1) is 0 Å². The van der Waals surface area contributed by atoms with Crippen LogP contribution in [0.2, 0.25) is 0 Å². The van der Waals surface area contributed by atoms with Gasteiger partial charge >= 0.3 is 0 Å². The van der Waals surface area contributed by atoms with E-state index in [1.165, 1.54) is 17.7 Å². The molecule has 2 unspecified atom stereocenters. The van der Waals surface area contributed by atoms with Gasteiger partial charge in [-0.3, -0.25) is 0 Å². The van der Waals surface area contributed by atoms with Crippen molar-refractivity contribution in [3.8, 4) is 5.75 Å². The second-order valence-corrected chi connectivity index (χ2v) is 5.85. The van der Waals surface area contributed by atoms with E-state index in [-0.39, 0.29) is 6.10 Å². The molecule has 0 aromatic heterocycles. The van der Waals surface area contributed by atoms with E-state index in [2.05, 4.69) is 6.07 Å². The molecule has 0 bridgehead atoms. The van der Waals surface area contributed by atoms with Gasteiger partial charge in [0, 0.05) is 10.1 Å². The molecule has 0 radical (unpaired) electrons. The monoisotopic (exact) mass is 252 g/mol. The molecule has 1 N–H and O–H groups in total. The third kappa shape index (κ3) is 3.65. The summed E-state index contributed by atoms with van der Waals surface area (Å²) in [6.45, 7) is 0. The van der Waals surface area contributed by atoms with E-state index in [1.54, 1.807) is 18.9 Å². The summed E-state index contributed by atoms with van der Waals surface area (Å²) in [5.41, 5.74) is 0. The summed E-state index contributed by atoms with van der Waals surface area (Å²) in [7, 11) is 1.68. The van der Waals surface area contributed by atoms with Crippen LogP contribution in [0.4, 0.5) is 0 Å². The Labute approximate surface area is 107 Å². The Morgan fingerprint density at radius 1 is 1.24 bits per heavy atom. The Hall–Kier alpha value is -0.670. The Bertz CT molecular complexity index is 354. The van der Waals surface area contributed by atoms with E-state index >= 15 is 0 Å². The molecular formula is C14H20O2S. The predicted molar refractivity (Wildman–Crippen MR) is 71.7 cm³/mol. The van der Waals surface area contributed by atoms with Crippen molar-refractivity contribution in [3.05, 3.63) is 24.3 Å². The molecule has 1 saturated carbocycles. The van der Waals surface area contributed by atoms with Crippen molar-refractivity contribution in [2.75, 3.05) is 7.11 Å². The fraction of sp³-hybridized carbons (Fsp3) is 0.571. The number of hydrogen-bond donors (Lipinski definition) is 1. The summed E-state index contributed by atoms with van der Waals surface area (Å²) >= 11 is 1.79. The molecule has 2 rings (SSSR count). The highest BCUT2D eigenvalue weighted by atomic mass is 32.2. The molecule has 2 nitrogen and oxygen atoms in total. The maximum atomic E-state index is 10.1. The first-order valence-electron chi connectivity index (χ1n) is 6.28. The van der Waals surface area contributed by atoms with E-state index in [4.69, 9.17) is 4.74 Å². The summed E-state index contributed by atoms with van der Waals surface area (Å²) in [6.07, 6.45) is 5.56. The topological polar surface area (TPSA) is 29.5 Å². The minimum absolute atomic E-state index is 0.159. The minimum Gasteiger partial charge on any atom is -0.497 e. The van der Waals surface area contributed by atoms with Crippen LogP contribution in [-0.4, -0.2) is 23.6 Å². The quantitative estimate of drug-likeness (QED) is 0.835. The average molecular weight is 252 g/mol. The van der Waals surface area contributed by atoms with E-state index in [0.717, 1.165) is 25.0 Å². The second kappa shape index (κ2) is 6.31. The summed E-state index contributed by atoms with van der Waals surface area (Å²) in [4.78, 5) is 1.19. The Balaban J connectivity index is 2.02. The minimum atomic E-state index is -0.159. The predicted octanol–water partition coefficient (Wildman–Crippen LogP) is 3.48. The molecule has 1 aromatic rings. The smallest absolute Gasteiger partial charge is 0.119 e. The fourth-order valence-electron chi connectivity index (χ4n) is 2.24. The average Bonchev–Trinajstić information content (AvgIpc) is 2.55. The molecule has 2 atom stereocenters. The molecule has 0 saturated heterocycles. The SMILES string of the molecule is COc1cccc(SC2CCCCCC2O)c1. The van der Waals surface area contributed by atoms with E-state index < -0.39 is 0 Å². The van der Waals surface area contributed by atoms with Gasteiger partial charge in [0.2, 0.25) is 0 Å². The summed E-state index contributed by atoms with van der Waals surface area (Å²) in [5, 5.41) is 10.4. The van der Waals surface area contributed by atoms with Gasteiger partial charge in [-0.15, -0.1) is 11.8 Å². The van der Waals surface area contributed by atoms with Crippen LogP contribution < -0.4 is 4.74 Å². The van der Waals surface area contributed by atoms with Gasteiger partial charge in [0.05, 0.1) is 13.2 Å². The number of benzene rings is 1. The van der Waals surface area contributed by atoms with Gasteiger partial charge in [-0.25, -0.2) is 0 Å². The number of hydrogen-bond acceptors (Lipinski definition) is 3. The Morgan fingerprint density at radius 2 is 2.06 bits per heavy atom. The molecule has 0 amide bonds. The van der Waals surface area contributed by atoms with Gasteiger partial charge in [-0.2, -0.15) is 0 Å². The van der Waals surface area contributed by atoms with Gasteiger partial charge in [0.1, 0.15) is 5.75 Å². The van der Waals surface area contributed by atoms with E-state index in [0.29, 0.717) is 5.25 Å². The van der Waals surface area contributed by atoms with Crippen LogP contribution in [0.25, 0.3) is 0 Å². The first-order chi connectivity index (χ1) is 8.29. The van der Waals surface area contributed by atoms with Crippen molar-refractivity contribution in [1.82, 2.24) is 0 Å². The highest BCUT2D eigenvalue weighted by molar-refractivity contribution is 8.00. The number of rotatable bonds is 3. The summed E-state index contributed by atoms with van der Waals surface area (Å²) < 4.78 is 5.22. The molecular weight excluding hydrogens is 232 g/mol. The molecule has 0 heterocycles. The maximum Gasteiger partial charge on any atom is 0.119 e. The van der Waals surface area contributed by atoms with Gasteiger partial charge in [-0.05, 0) is 31.0 Å². The van der Waals surface area contributed by atoms with Crippen molar-refractivity contribution >= 4 is 11.8 Å². The van der Waals surface area contributed by atoms with Crippen LogP contribution in [0.5, 0.6) is 5.75 Å². The van der Waals surface area contributed by atoms with Crippen LogP contribution >= 0.6 is 11.8 Å². The molecule has 1 aliphatic rings. The fourth-order valence-corrected chi connectivity index (χ4v) is 3.51. The molecule has 17 heavy (non-hydrogen) atoms. The third-order valence-electron chi connectivity index (χ3n) is 3.25. The number of ether oxygens (including phenoxy) is 1. The Morgan fingerprint density at radius 3 is 2.88 bits per heavy atom. The van der Waals surface area contributed by atoms with Crippen molar-refractivity contribution in [2.24, 2.45) is 0 Å². The summed E-state index contributed by atoms with van der Waals surface area (Å²) in [5.74, 6) is 0.887. The lowest BCUT2D eigenvalue weighted by Gasteiger charge is -2.19. The highest BCUT2D eigenvalue weighted by Gasteiger charge is 2.22. The summed E-state index contributed by atoms with van der Waals surface area (Å²) in [6, 6.07) is 8.09. The standard InChI is InChI=1S/C14H20O2S/c1-16-11-6-5-7-12(10-11)17-14-9-4-2-3-8-13(14)15/h5-7,10,13-15H,2-4,8-9H2,1H3. The lowest BCUT2D eigenvalue weighted by molar-refractivity contribution is 0.163. The van der Waals surface area contributed by atoms with Gasteiger partial charge in [0.15, 0.2) is 0 Å². The third-order valence-corrected chi connectivity index (χ3v) is 4.63. The van der Waals surface area contributed by atoms with Crippen LogP contribution in [0.1, 0.15) is 32.1 Å². The van der Waals surface area contributed by atoms with Crippen LogP contribution in [-0.2, 0) is 0 Å². The van der Waals surface area contributed by atoms with E-state index in [1.807, 2.05) is 18.2 Å². The molecule has 0 spiro atoms. The van der Waals surface area contributed by atoms with Crippen molar-refractivity contribution in [3.63, 3.8) is 0 Å². The molecule has 0 aliphatic heterocycles. The largest absolute Gasteiger partial charge is 0.497 e. The van der Waals surface area contributed by atoms with Gasteiger partial charge in [0.25, 0.3) is 0 Å². The zero-order chi connectivity index (χ0) is 12.1. The lowest BCUT2D eigenvalue weighted by Crippen LogP contribution is -2.21. The van der Waals surface area contributed by atoms with Crippen molar-refractivity contribution < 1.29 is 9.84 Å². The zero-order valence-corrected chi connectivity index (χ0v) is 11.1. The number of aliphatic hydroxyl groups excluding tert-OH is 1. The van der Waals surface area contributed by atoms with Gasteiger partial charge < -0.3 is 9.84 Å². The lowest BCUT2D eigenvalue weighted by atomic mass is 10.1. The highest BCUT2D eigenvalue weighted by Crippen LogP contribution is 2.34. The first kappa shape index (κ1) is 12.8. The van der Waals surface area contributed by atoms with Crippen LogP contribution in [0.3, 0.4) is 0 Å². The maximum absolute atomic E-state index is 10.1. The number of methoxy groups -OCH3 is 1. The molecule has 3 heteroatoms. The normalized spacial score (nSPS) is 25.3. The second-order valence-electron chi connectivity index (χ2n) is 4.54. The molecule has 1 aromatic carbocycles. The van der Waals surface area contributed by atoms with Crippen molar-refractivity contribution in [2.45, 2.75) is 48.4 Å². The Kier molecular flexibility index (Phi) is 4.75. The number of aliphatic hydroxyl groups is 1. The van der Waals surface area contributed by atoms with Crippen LogP contribution in [0.15, 0.2) is 29.2 Å². The van der Waals surface area contributed by atoms with E-state index in [9.17, 15) is 5.11 Å². The van der Waals surface area contributed by atoms with Gasteiger partial charge in [-0.1, -0.05) is 25.3 Å².